The van der Waals surface area contributed by atoms with Gasteiger partial charge in [0.15, 0.2) is 5.82 Å². The smallest absolute Gasteiger partial charge is 0.163 e. The average molecular weight is 292 g/mol. The zero-order valence-corrected chi connectivity index (χ0v) is 12.3. The molecule has 3 aromatic heterocycles. The van der Waals surface area contributed by atoms with Crippen molar-refractivity contribution in [3.63, 3.8) is 0 Å². The molecule has 0 spiro atoms. The van der Waals surface area contributed by atoms with Crippen molar-refractivity contribution in [1.82, 2.24) is 25.1 Å². The van der Waals surface area contributed by atoms with E-state index in [0.29, 0.717) is 0 Å². The SMILES string of the molecule is Cc1cc(N2CCc3[nH]ncc3C2)nc(-c2cccnc2)n1. The molecular weight excluding hydrogens is 276 g/mol. The Morgan fingerprint density at radius 2 is 2.18 bits per heavy atom. The minimum absolute atomic E-state index is 0.723. The summed E-state index contributed by atoms with van der Waals surface area (Å²) in [6.07, 6.45) is 6.41. The van der Waals surface area contributed by atoms with Gasteiger partial charge in [0.25, 0.3) is 0 Å². The van der Waals surface area contributed by atoms with Gasteiger partial charge in [-0.05, 0) is 19.1 Å². The second-order valence-electron chi connectivity index (χ2n) is 5.48. The summed E-state index contributed by atoms with van der Waals surface area (Å²) in [6.45, 7) is 3.76. The molecule has 0 amide bonds. The van der Waals surface area contributed by atoms with Crippen LogP contribution in [0.3, 0.4) is 0 Å². The molecule has 0 aromatic carbocycles. The first kappa shape index (κ1) is 12.9. The molecule has 0 bridgehead atoms. The summed E-state index contributed by atoms with van der Waals surface area (Å²) in [5.74, 6) is 1.68. The summed E-state index contributed by atoms with van der Waals surface area (Å²) in [4.78, 5) is 15.7. The summed E-state index contributed by atoms with van der Waals surface area (Å²) in [5, 5.41) is 7.18. The van der Waals surface area contributed by atoms with E-state index in [0.717, 1.165) is 42.4 Å². The Bertz CT molecular complexity index is 795. The van der Waals surface area contributed by atoms with E-state index in [4.69, 9.17) is 4.98 Å². The first-order chi connectivity index (χ1) is 10.8. The maximum Gasteiger partial charge on any atom is 0.163 e. The van der Waals surface area contributed by atoms with Crippen LogP contribution in [-0.2, 0) is 13.0 Å². The second-order valence-corrected chi connectivity index (χ2v) is 5.48. The molecule has 0 unspecified atom stereocenters. The van der Waals surface area contributed by atoms with Crippen LogP contribution in [0.4, 0.5) is 5.82 Å². The second kappa shape index (κ2) is 5.22. The van der Waals surface area contributed by atoms with Crippen molar-refractivity contribution < 1.29 is 0 Å². The van der Waals surface area contributed by atoms with Crippen LogP contribution in [0.5, 0.6) is 0 Å². The lowest BCUT2D eigenvalue weighted by Crippen LogP contribution is -2.30. The molecule has 1 aliphatic heterocycles. The van der Waals surface area contributed by atoms with Crippen LogP contribution in [0, 0.1) is 6.92 Å². The molecule has 0 fully saturated rings. The third kappa shape index (κ3) is 2.32. The number of fused-ring (bicyclic) bond motifs is 1. The molecule has 110 valence electrons. The highest BCUT2D eigenvalue weighted by Crippen LogP contribution is 2.24. The van der Waals surface area contributed by atoms with Crippen LogP contribution < -0.4 is 4.90 Å². The highest BCUT2D eigenvalue weighted by Gasteiger charge is 2.20. The van der Waals surface area contributed by atoms with Crippen molar-refractivity contribution in [2.24, 2.45) is 0 Å². The third-order valence-electron chi connectivity index (χ3n) is 3.88. The molecule has 1 aliphatic rings. The van der Waals surface area contributed by atoms with Gasteiger partial charge in [-0.1, -0.05) is 0 Å². The van der Waals surface area contributed by atoms with Gasteiger partial charge in [-0.15, -0.1) is 0 Å². The molecule has 6 nitrogen and oxygen atoms in total. The van der Waals surface area contributed by atoms with E-state index in [1.54, 1.807) is 12.4 Å². The fourth-order valence-electron chi connectivity index (χ4n) is 2.76. The molecule has 0 radical (unpaired) electrons. The fourth-order valence-corrected chi connectivity index (χ4v) is 2.76. The highest BCUT2D eigenvalue weighted by molar-refractivity contribution is 5.57. The van der Waals surface area contributed by atoms with Gasteiger partial charge in [0.1, 0.15) is 5.82 Å². The quantitative estimate of drug-likeness (QED) is 0.783. The minimum Gasteiger partial charge on any atom is -0.352 e. The Morgan fingerprint density at radius 1 is 1.23 bits per heavy atom. The van der Waals surface area contributed by atoms with E-state index >= 15 is 0 Å². The number of aromatic amines is 1. The molecule has 22 heavy (non-hydrogen) atoms. The molecule has 0 aliphatic carbocycles. The number of aryl methyl sites for hydroxylation is 1. The first-order valence-electron chi connectivity index (χ1n) is 7.32. The van der Waals surface area contributed by atoms with E-state index in [-0.39, 0.29) is 0 Å². The van der Waals surface area contributed by atoms with Crippen LogP contribution in [0.2, 0.25) is 0 Å². The highest BCUT2D eigenvalue weighted by atomic mass is 15.2. The number of anilines is 1. The Balaban J connectivity index is 1.70. The number of H-pyrrole nitrogens is 1. The van der Waals surface area contributed by atoms with Crippen molar-refractivity contribution in [3.05, 3.63) is 53.7 Å². The molecule has 3 aromatic rings. The van der Waals surface area contributed by atoms with E-state index in [9.17, 15) is 0 Å². The lowest BCUT2D eigenvalue weighted by Gasteiger charge is -2.28. The maximum atomic E-state index is 4.73. The van der Waals surface area contributed by atoms with Gasteiger partial charge in [-0.25, -0.2) is 9.97 Å². The number of hydrogen-bond acceptors (Lipinski definition) is 5. The predicted molar refractivity (Wildman–Crippen MR) is 83.3 cm³/mol. The minimum atomic E-state index is 0.723. The van der Waals surface area contributed by atoms with Gasteiger partial charge in [-0.3, -0.25) is 10.1 Å². The van der Waals surface area contributed by atoms with Gasteiger partial charge in [-0.2, -0.15) is 5.10 Å². The van der Waals surface area contributed by atoms with Crippen LogP contribution >= 0.6 is 0 Å². The molecule has 0 atom stereocenters. The van der Waals surface area contributed by atoms with Crippen LogP contribution in [0.15, 0.2) is 36.8 Å². The third-order valence-corrected chi connectivity index (χ3v) is 3.88. The Hall–Kier alpha value is -2.76. The van der Waals surface area contributed by atoms with E-state index in [2.05, 4.69) is 25.1 Å². The van der Waals surface area contributed by atoms with E-state index in [1.807, 2.05) is 31.3 Å². The Kier molecular flexibility index (Phi) is 3.07. The van der Waals surface area contributed by atoms with Gasteiger partial charge in [0.05, 0.1) is 6.20 Å². The zero-order valence-electron chi connectivity index (χ0n) is 12.3. The van der Waals surface area contributed by atoms with Gasteiger partial charge in [0, 0.05) is 60.5 Å². The summed E-state index contributed by atoms with van der Waals surface area (Å²) >= 11 is 0. The first-order valence-corrected chi connectivity index (χ1v) is 7.32. The number of pyridine rings is 1. The number of aromatic nitrogens is 5. The Labute approximate surface area is 128 Å². The standard InChI is InChI=1S/C16H16N6/c1-11-7-15(20-16(19-11)12-3-2-5-17-8-12)22-6-4-14-13(10-22)9-18-21-14/h2-3,5,7-9H,4,6,10H2,1H3,(H,18,21). The summed E-state index contributed by atoms with van der Waals surface area (Å²) in [6, 6.07) is 5.92. The van der Waals surface area contributed by atoms with Crippen molar-refractivity contribution in [2.75, 3.05) is 11.4 Å². The van der Waals surface area contributed by atoms with Crippen molar-refractivity contribution >= 4 is 5.82 Å². The van der Waals surface area contributed by atoms with Gasteiger partial charge < -0.3 is 4.90 Å². The Morgan fingerprint density at radius 3 is 3.05 bits per heavy atom. The normalized spacial score (nSPS) is 14.0. The lowest BCUT2D eigenvalue weighted by molar-refractivity contribution is 0.709. The van der Waals surface area contributed by atoms with E-state index < -0.39 is 0 Å². The fraction of sp³-hybridized carbons (Fsp3) is 0.250. The molecular formula is C16H16N6. The number of nitrogens with zero attached hydrogens (tertiary/aromatic N) is 5. The largest absolute Gasteiger partial charge is 0.352 e. The lowest BCUT2D eigenvalue weighted by atomic mass is 10.1. The van der Waals surface area contributed by atoms with Crippen LogP contribution in [0.1, 0.15) is 17.0 Å². The summed E-state index contributed by atoms with van der Waals surface area (Å²) < 4.78 is 0. The molecule has 6 heteroatoms. The maximum absolute atomic E-state index is 4.73. The van der Waals surface area contributed by atoms with Crippen LogP contribution in [-0.4, -0.2) is 31.7 Å². The summed E-state index contributed by atoms with van der Waals surface area (Å²) in [5.41, 5.74) is 4.37. The number of nitrogens with one attached hydrogen (secondary N) is 1. The molecule has 4 rings (SSSR count). The molecule has 4 heterocycles. The monoisotopic (exact) mass is 292 g/mol. The van der Waals surface area contributed by atoms with Crippen LogP contribution in [0.25, 0.3) is 11.4 Å². The zero-order chi connectivity index (χ0) is 14.9. The molecule has 1 N–H and O–H groups in total. The predicted octanol–water partition coefficient (Wildman–Crippen LogP) is 2.13. The van der Waals surface area contributed by atoms with Gasteiger partial charge >= 0.3 is 0 Å². The van der Waals surface area contributed by atoms with Crippen molar-refractivity contribution in [2.45, 2.75) is 19.9 Å². The topological polar surface area (TPSA) is 70.6 Å². The number of hydrogen-bond donors (Lipinski definition) is 1. The summed E-state index contributed by atoms with van der Waals surface area (Å²) in [7, 11) is 0. The van der Waals surface area contributed by atoms with Crippen molar-refractivity contribution in [1.29, 1.82) is 0 Å². The molecule has 0 saturated carbocycles. The number of rotatable bonds is 2. The van der Waals surface area contributed by atoms with Gasteiger partial charge in [0.2, 0.25) is 0 Å². The average Bonchev–Trinajstić information content (AvgIpc) is 3.02. The van der Waals surface area contributed by atoms with Crippen molar-refractivity contribution in [3.8, 4) is 11.4 Å². The van der Waals surface area contributed by atoms with E-state index in [1.165, 1.54) is 11.3 Å². The molecule has 0 saturated heterocycles.